The van der Waals surface area contributed by atoms with Gasteiger partial charge in [-0.3, -0.25) is 14.4 Å². The van der Waals surface area contributed by atoms with Crippen molar-refractivity contribution in [3.05, 3.63) is 24.3 Å². The van der Waals surface area contributed by atoms with Crippen LogP contribution in [-0.2, 0) is 28.8 Å². The molecule has 0 aromatic rings. The Hall–Kier alpha value is -2.48. The second-order valence-electron chi connectivity index (χ2n) is 8.62. The number of carbonyl (C=O) groups excluding carboxylic acids is 4. The number of aliphatic hydroxyl groups excluding tert-OH is 1. The highest BCUT2D eigenvalue weighted by atomic mass is 16.7. The molecule has 0 saturated carbocycles. The molecule has 0 radical (unpaired) electrons. The van der Waals surface area contributed by atoms with Gasteiger partial charge in [0.15, 0.2) is 0 Å². The van der Waals surface area contributed by atoms with Gasteiger partial charge in [-0.15, -0.1) is 5.06 Å². The first-order valence-electron chi connectivity index (χ1n) is 12.2. The van der Waals surface area contributed by atoms with Crippen LogP contribution in [0.2, 0.25) is 0 Å². The average Bonchev–Trinajstić information content (AvgIpc) is 3.05. The van der Waals surface area contributed by atoms with Crippen LogP contribution in [0.4, 0.5) is 0 Å². The van der Waals surface area contributed by atoms with Gasteiger partial charge in [-0.25, -0.2) is 4.79 Å². The zero-order valence-electron chi connectivity index (χ0n) is 19.4. The summed E-state index contributed by atoms with van der Waals surface area (Å²) in [5.74, 6) is -2.04. The largest absolute Gasteiger partial charge is 0.462 e. The topological polar surface area (TPSA) is 110 Å². The Balaban J connectivity index is 0.000000357. The van der Waals surface area contributed by atoms with E-state index in [-0.39, 0.29) is 50.3 Å². The molecule has 33 heavy (non-hydrogen) atoms. The van der Waals surface area contributed by atoms with Crippen LogP contribution in [0.25, 0.3) is 0 Å². The van der Waals surface area contributed by atoms with Crippen LogP contribution < -0.4 is 0 Å². The number of allylic oxidation sites excluding steroid dienone is 4. The van der Waals surface area contributed by atoms with E-state index in [9.17, 15) is 24.3 Å². The second kappa shape index (κ2) is 15.4. The lowest BCUT2D eigenvalue weighted by atomic mass is 10.0. The van der Waals surface area contributed by atoms with E-state index in [4.69, 9.17) is 9.57 Å². The molecule has 3 aliphatic rings. The third-order valence-corrected chi connectivity index (χ3v) is 5.72. The second-order valence-corrected chi connectivity index (χ2v) is 8.62. The zero-order valence-corrected chi connectivity index (χ0v) is 19.4. The summed E-state index contributed by atoms with van der Waals surface area (Å²) in [6.07, 6.45) is 18.9. The van der Waals surface area contributed by atoms with Gasteiger partial charge in [-0.1, -0.05) is 24.3 Å². The molecule has 0 bridgehead atoms. The van der Waals surface area contributed by atoms with Crippen LogP contribution in [0.3, 0.4) is 0 Å². The molecule has 0 spiro atoms. The van der Waals surface area contributed by atoms with Crippen LogP contribution in [-0.4, -0.2) is 46.1 Å². The summed E-state index contributed by atoms with van der Waals surface area (Å²) in [6, 6.07) is 0. The quantitative estimate of drug-likeness (QED) is 0.359. The summed E-state index contributed by atoms with van der Waals surface area (Å²) in [6.45, 7) is 0. The fourth-order valence-electron chi connectivity index (χ4n) is 3.81. The Labute approximate surface area is 195 Å². The molecule has 1 saturated heterocycles. The first-order chi connectivity index (χ1) is 16.0. The van der Waals surface area contributed by atoms with Crippen LogP contribution in [0.15, 0.2) is 24.3 Å². The van der Waals surface area contributed by atoms with E-state index in [0.29, 0.717) is 5.06 Å². The third kappa shape index (κ3) is 11.3. The van der Waals surface area contributed by atoms with Gasteiger partial charge in [-0.05, 0) is 70.6 Å². The van der Waals surface area contributed by atoms with Gasteiger partial charge in [0.2, 0.25) is 0 Å². The van der Waals surface area contributed by atoms with E-state index in [1.807, 2.05) is 0 Å². The molecule has 2 unspecified atom stereocenters. The maximum Gasteiger partial charge on any atom is 0.333 e. The number of imide groups is 1. The number of nitrogens with zero attached hydrogens (tertiary/aromatic N) is 1. The average molecular weight is 464 g/mol. The predicted octanol–water partition coefficient (Wildman–Crippen LogP) is 4.06. The number of rotatable bonds is 6. The molecule has 3 rings (SSSR count). The van der Waals surface area contributed by atoms with Crippen LogP contribution >= 0.6 is 0 Å². The molecule has 184 valence electrons. The van der Waals surface area contributed by atoms with Crippen LogP contribution in [0, 0.1) is 0 Å². The van der Waals surface area contributed by atoms with Crippen LogP contribution in [0.5, 0.6) is 0 Å². The van der Waals surface area contributed by atoms with Gasteiger partial charge in [0.1, 0.15) is 6.10 Å². The maximum absolute atomic E-state index is 11.8. The fraction of sp³-hybridized carbons (Fsp3) is 0.680. The summed E-state index contributed by atoms with van der Waals surface area (Å²) >= 11 is 0. The minimum absolute atomic E-state index is 0.0325. The number of ether oxygens (including phenoxy) is 1. The van der Waals surface area contributed by atoms with Gasteiger partial charge in [-0.2, -0.15) is 0 Å². The first kappa shape index (κ1) is 26.8. The number of amides is 2. The summed E-state index contributed by atoms with van der Waals surface area (Å²) in [7, 11) is 0. The van der Waals surface area contributed by atoms with Gasteiger partial charge in [0, 0.05) is 25.7 Å². The number of hydrogen-bond acceptors (Lipinski definition) is 7. The number of carbonyl (C=O) groups is 4. The normalized spacial score (nSPS) is 25.4. The lowest BCUT2D eigenvalue weighted by molar-refractivity contribution is -0.197. The number of esters is 1. The third-order valence-electron chi connectivity index (χ3n) is 5.72. The van der Waals surface area contributed by atoms with E-state index >= 15 is 0 Å². The van der Waals surface area contributed by atoms with Crippen molar-refractivity contribution in [3.63, 3.8) is 0 Å². The molecule has 1 aliphatic heterocycles. The van der Waals surface area contributed by atoms with E-state index in [1.165, 1.54) is 0 Å². The molecule has 1 N–H and O–H groups in total. The van der Waals surface area contributed by atoms with Gasteiger partial charge < -0.3 is 14.7 Å². The summed E-state index contributed by atoms with van der Waals surface area (Å²) in [4.78, 5) is 50.8. The fourth-order valence-corrected chi connectivity index (χ4v) is 3.81. The number of hydrogen-bond donors (Lipinski definition) is 1. The standard InChI is InChI=1S/C17H23NO6.C8H14O/c19-14-11-12-15(20)18(14)24-17(22)10-6-9-16(21)23-13-7-4-2-1-3-5-8-13;9-8-6-4-2-1-3-5-7-8/h1-2,13H,3-12H2;1-2,8-9H,3-7H2/b2*2-1+. The number of hydroxylamine groups is 2. The van der Waals surface area contributed by atoms with Crippen molar-refractivity contribution >= 4 is 23.8 Å². The van der Waals surface area contributed by atoms with Crippen LogP contribution in [0.1, 0.15) is 96.3 Å². The van der Waals surface area contributed by atoms with E-state index < -0.39 is 17.8 Å². The lowest BCUT2D eigenvalue weighted by Crippen LogP contribution is -2.32. The summed E-state index contributed by atoms with van der Waals surface area (Å²) in [5, 5.41) is 9.70. The molecule has 8 nitrogen and oxygen atoms in total. The summed E-state index contributed by atoms with van der Waals surface area (Å²) < 4.78 is 5.43. The zero-order chi connectivity index (χ0) is 23.9. The molecule has 0 aromatic heterocycles. The Morgan fingerprint density at radius 3 is 2.09 bits per heavy atom. The van der Waals surface area contributed by atoms with E-state index in [0.717, 1.165) is 64.2 Å². The lowest BCUT2D eigenvalue weighted by Gasteiger charge is -2.18. The molecule has 2 amide bonds. The SMILES string of the molecule is O=C(CCCC(=O)ON1C(=O)CCC1=O)OC1CC/C=C/CCC1.OC1CC/C=C/CCC1. The predicted molar refractivity (Wildman–Crippen MR) is 121 cm³/mol. The van der Waals surface area contributed by atoms with Crippen molar-refractivity contribution < 1.29 is 33.9 Å². The van der Waals surface area contributed by atoms with Crippen molar-refractivity contribution in [1.82, 2.24) is 5.06 Å². The minimum atomic E-state index is -0.692. The monoisotopic (exact) mass is 463 g/mol. The minimum Gasteiger partial charge on any atom is -0.462 e. The first-order valence-corrected chi connectivity index (χ1v) is 12.2. The Kier molecular flexibility index (Phi) is 12.5. The van der Waals surface area contributed by atoms with Crippen molar-refractivity contribution in [2.45, 2.75) is 109 Å². The van der Waals surface area contributed by atoms with Crippen molar-refractivity contribution in [3.8, 4) is 0 Å². The Morgan fingerprint density at radius 1 is 0.818 bits per heavy atom. The molecule has 0 aromatic carbocycles. The van der Waals surface area contributed by atoms with E-state index in [1.54, 1.807) is 0 Å². The van der Waals surface area contributed by atoms with E-state index in [2.05, 4.69) is 24.3 Å². The molecular formula is C25H37NO7. The molecular weight excluding hydrogens is 426 g/mol. The van der Waals surface area contributed by atoms with Gasteiger partial charge >= 0.3 is 11.9 Å². The molecule has 2 atom stereocenters. The number of aliphatic hydroxyl groups is 1. The Morgan fingerprint density at radius 2 is 1.39 bits per heavy atom. The molecule has 8 heteroatoms. The maximum atomic E-state index is 11.8. The molecule has 2 aliphatic carbocycles. The smallest absolute Gasteiger partial charge is 0.333 e. The summed E-state index contributed by atoms with van der Waals surface area (Å²) in [5.41, 5.74) is 0. The van der Waals surface area contributed by atoms with Gasteiger partial charge in [0.25, 0.3) is 11.8 Å². The highest BCUT2D eigenvalue weighted by Gasteiger charge is 2.32. The highest BCUT2D eigenvalue weighted by molar-refractivity contribution is 6.01. The van der Waals surface area contributed by atoms with Gasteiger partial charge in [0.05, 0.1) is 6.10 Å². The molecule has 1 fully saturated rings. The Bertz CT molecular complexity index is 700. The molecule has 1 heterocycles. The van der Waals surface area contributed by atoms with Crippen molar-refractivity contribution in [2.24, 2.45) is 0 Å². The highest BCUT2D eigenvalue weighted by Crippen LogP contribution is 2.17. The van der Waals surface area contributed by atoms with Crippen molar-refractivity contribution in [2.75, 3.05) is 0 Å². The van der Waals surface area contributed by atoms with Crippen molar-refractivity contribution in [1.29, 1.82) is 0 Å².